The number of likely N-dealkylation sites (tertiary alicyclic amines) is 1. The average molecular weight is 382 g/mol. The van der Waals surface area contributed by atoms with E-state index < -0.39 is 12.1 Å². The van der Waals surface area contributed by atoms with Gasteiger partial charge in [-0.1, -0.05) is 32.0 Å². The summed E-state index contributed by atoms with van der Waals surface area (Å²) in [6.07, 6.45) is 3.37. The molecule has 7 nitrogen and oxygen atoms in total. The third kappa shape index (κ3) is 3.48. The van der Waals surface area contributed by atoms with E-state index in [9.17, 15) is 14.4 Å². The average Bonchev–Trinajstić information content (AvgIpc) is 3.17. The van der Waals surface area contributed by atoms with E-state index in [-0.39, 0.29) is 18.4 Å². The lowest BCUT2D eigenvalue weighted by molar-refractivity contribution is -0.139. The minimum atomic E-state index is -0.640. The Hall–Kier alpha value is -2.83. The number of nitrogens with one attached hydrogen (secondary N) is 2. The number of hydrogen-bond donors (Lipinski definition) is 2. The summed E-state index contributed by atoms with van der Waals surface area (Å²) in [4.78, 5) is 43.8. The van der Waals surface area contributed by atoms with Gasteiger partial charge in [0.1, 0.15) is 12.6 Å². The zero-order chi connectivity index (χ0) is 19.8. The molecule has 2 aliphatic heterocycles. The second-order valence-corrected chi connectivity index (χ2v) is 8.23. The van der Waals surface area contributed by atoms with Crippen molar-refractivity contribution in [3.8, 4) is 0 Å². The van der Waals surface area contributed by atoms with Gasteiger partial charge in [-0.05, 0) is 29.9 Å². The van der Waals surface area contributed by atoms with Crippen LogP contribution in [0.4, 0.5) is 4.79 Å². The van der Waals surface area contributed by atoms with Crippen LogP contribution in [0.1, 0.15) is 25.8 Å². The van der Waals surface area contributed by atoms with Crippen LogP contribution in [0.15, 0.2) is 30.5 Å². The molecule has 0 spiro atoms. The van der Waals surface area contributed by atoms with Crippen LogP contribution in [0.25, 0.3) is 10.9 Å². The number of aromatic nitrogens is 1. The van der Waals surface area contributed by atoms with Crippen molar-refractivity contribution in [2.75, 3.05) is 19.6 Å². The number of benzene rings is 1. The Morgan fingerprint density at radius 3 is 2.61 bits per heavy atom. The molecule has 0 bridgehead atoms. The second-order valence-electron chi connectivity index (χ2n) is 8.23. The van der Waals surface area contributed by atoms with Crippen LogP contribution < -0.4 is 5.32 Å². The van der Waals surface area contributed by atoms with E-state index in [2.05, 4.69) is 24.1 Å². The van der Waals surface area contributed by atoms with Gasteiger partial charge in [-0.2, -0.15) is 0 Å². The number of para-hydroxylation sites is 1. The van der Waals surface area contributed by atoms with Crippen LogP contribution in [-0.4, -0.2) is 58.3 Å². The van der Waals surface area contributed by atoms with Gasteiger partial charge >= 0.3 is 6.03 Å². The minimum absolute atomic E-state index is 0.158. The van der Waals surface area contributed by atoms with Crippen molar-refractivity contribution in [1.82, 2.24) is 20.1 Å². The first-order chi connectivity index (χ1) is 13.4. The van der Waals surface area contributed by atoms with E-state index in [1.165, 1.54) is 0 Å². The maximum absolute atomic E-state index is 12.8. The van der Waals surface area contributed by atoms with E-state index in [4.69, 9.17) is 0 Å². The van der Waals surface area contributed by atoms with Gasteiger partial charge in [0.15, 0.2) is 0 Å². The molecule has 2 fully saturated rings. The van der Waals surface area contributed by atoms with Crippen molar-refractivity contribution in [3.63, 3.8) is 0 Å². The zero-order valence-corrected chi connectivity index (χ0v) is 16.3. The van der Waals surface area contributed by atoms with Crippen molar-refractivity contribution in [1.29, 1.82) is 0 Å². The Morgan fingerprint density at radius 1 is 1.14 bits per heavy atom. The molecular formula is C21H26N4O3. The third-order valence-electron chi connectivity index (χ3n) is 5.72. The highest BCUT2D eigenvalue weighted by Gasteiger charge is 2.40. The summed E-state index contributed by atoms with van der Waals surface area (Å²) < 4.78 is 0. The topological polar surface area (TPSA) is 85.5 Å². The van der Waals surface area contributed by atoms with E-state index in [0.29, 0.717) is 31.3 Å². The number of fused-ring (bicyclic) bond motifs is 1. The molecule has 2 saturated heterocycles. The Balaban J connectivity index is 1.43. The first-order valence-corrected chi connectivity index (χ1v) is 9.87. The summed E-state index contributed by atoms with van der Waals surface area (Å²) in [6.45, 7) is 5.44. The predicted molar refractivity (Wildman–Crippen MR) is 106 cm³/mol. The lowest BCUT2D eigenvalue weighted by atomic mass is 9.92. The van der Waals surface area contributed by atoms with Crippen LogP contribution in [0, 0.1) is 11.8 Å². The van der Waals surface area contributed by atoms with Crippen LogP contribution in [-0.2, 0) is 16.0 Å². The van der Waals surface area contributed by atoms with Gasteiger partial charge < -0.3 is 15.2 Å². The number of aromatic amines is 1. The number of amides is 4. The molecule has 4 amide bonds. The molecule has 7 heteroatoms. The molecule has 2 aromatic rings. The van der Waals surface area contributed by atoms with Crippen LogP contribution in [0.3, 0.4) is 0 Å². The summed E-state index contributed by atoms with van der Waals surface area (Å²) in [5.41, 5.74) is 1.97. The summed E-state index contributed by atoms with van der Waals surface area (Å²) in [5.74, 6) is 0.382. The number of hydrogen-bond acceptors (Lipinski definition) is 3. The van der Waals surface area contributed by atoms with E-state index >= 15 is 0 Å². The Bertz CT molecular complexity index is 911. The molecule has 4 rings (SSSR count). The molecular weight excluding hydrogens is 356 g/mol. The maximum atomic E-state index is 12.8. The summed E-state index contributed by atoms with van der Waals surface area (Å²) in [5, 5.41) is 3.77. The highest BCUT2D eigenvalue weighted by atomic mass is 16.2. The van der Waals surface area contributed by atoms with Crippen LogP contribution in [0.5, 0.6) is 0 Å². The highest BCUT2D eigenvalue weighted by Crippen LogP contribution is 2.23. The molecule has 0 unspecified atom stereocenters. The first kappa shape index (κ1) is 18.5. The fraction of sp³-hybridized carbons (Fsp3) is 0.476. The summed E-state index contributed by atoms with van der Waals surface area (Å²) >= 11 is 0. The highest BCUT2D eigenvalue weighted by molar-refractivity contribution is 6.06. The second kappa shape index (κ2) is 7.30. The molecule has 2 aliphatic rings. The number of imide groups is 1. The lowest BCUT2D eigenvalue weighted by Gasteiger charge is -2.35. The van der Waals surface area contributed by atoms with Gasteiger partial charge in [-0.15, -0.1) is 0 Å². The number of piperidine rings is 1. The van der Waals surface area contributed by atoms with Gasteiger partial charge in [-0.25, -0.2) is 4.79 Å². The smallest absolute Gasteiger partial charge is 0.325 e. The molecule has 0 saturated carbocycles. The fourth-order valence-corrected chi connectivity index (χ4v) is 4.49. The zero-order valence-electron chi connectivity index (χ0n) is 16.3. The number of carbonyl (C=O) groups is 3. The van der Waals surface area contributed by atoms with E-state index in [1.807, 2.05) is 30.5 Å². The molecule has 0 aliphatic carbocycles. The monoisotopic (exact) mass is 382 g/mol. The van der Waals surface area contributed by atoms with Crippen LogP contribution in [0.2, 0.25) is 0 Å². The van der Waals surface area contributed by atoms with Crippen molar-refractivity contribution >= 4 is 28.7 Å². The number of urea groups is 1. The Kier molecular flexibility index (Phi) is 4.83. The lowest BCUT2D eigenvalue weighted by Crippen LogP contribution is -2.48. The molecule has 3 atom stereocenters. The summed E-state index contributed by atoms with van der Waals surface area (Å²) in [6, 6.07) is 6.73. The van der Waals surface area contributed by atoms with Gasteiger partial charge in [0.2, 0.25) is 5.91 Å². The first-order valence-electron chi connectivity index (χ1n) is 9.87. The number of H-pyrrole nitrogens is 1. The molecule has 148 valence electrons. The van der Waals surface area contributed by atoms with Gasteiger partial charge in [0.25, 0.3) is 5.91 Å². The molecule has 28 heavy (non-hydrogen) atoms. The maximum Gasteiger partial charge on any atom is 0.325 e. The molecule has 3 heterocycles. The molecule has 1 aromatic carbocycles. The Labute approximate surface area is 164 Å². The SMILES string of the molecule is C[C@@H]1C[C@@H](C)CN(C(=O)CN2C(=O)N[C@@H](Cc3c[nH]c4ccccc34)C2=O)C1. The minimum Gasteiger partial charge on any atom is -0.361 e. The van der Waals surface area contributed by atoms with E-state index in [0.717, 1.165) is 27.8 Å². The van der Waals surface area contributed by atoms with Gasteiger partial charge in [-0.3, -0.25) is 14.5 Å². The summed E-state index contributed by atoms with van der Waals surface area (Å²) in [7, 11) is 0. The van der Waals surface area contributed by atoms with Crippen molar-refractivity contribution < 1.29 is 14.4 Å². The number of carbonyl (C=O) groups excluding carboxylic acids is 3. The fourth-order valence-electron chi connectivity index (χ4n) is 4.49. The molecule has 0 radical (unpaired) electrons. The molecule has 1 aromatic heterocycles. The Morgan fingerprint density at radius 2 is 1.86 bits per heavy atom. The van der Waals surface area contributed by atoms with Gasteiger partial charge in [0, 0.05) is 36.6 Å². The third-order valence-corrected chi connectivity index (χ3v) is 5.72. The largest absolute Gasteiger partial charge is 0.361 e. The van der Waals surface area contributed by atoms with Crippen molar-refractivity contribution in [3.05, 3.63) is 36.0 Å². The number of rotatable bonds is 4. The number of nitrogens with zero attached hydrogens (tertiary/aromatic N) is 2. The predicted octanol–water partition coefficient (Wildman–Crippen LogP) is 2.14. The quantitative estimate of drug-likeness (QED) is 0.795. The van der Waals surface area contributed by atoms with Crippen LogP contribution >= 0.6 is 0 Å². The molecule has 2 N–H and O–H groups in total. The normalized spacial score (nSPS) is 25.4. The van der Waals surface area contributed by atoms with E-state index in [1.54, 1.807) is 4.90 Å². The standard InChI is InChI=1S/C21H26N4O3/c1-13-7-14(2)11-24(10-13)19(26)12-25-20(27)18(23-21(25)28)8-15-9-22-17-6-4-3-5-16(15)17/h3-6,9,13-14,18,22H,7-8,10-12H2,1-2H3,(H,23,28)/t13-,14-,18+/m1/s1. The van der Waals surface area contributed by atoms with Gasteiger partial charge in [0.05, 0.1) is 0 Å². The van der Waals surface area contributed by atoms with Crippen molar-refractivity contribution in [2.24, 2.45) is 11.8 Å². The van der Waals surface area contributed by atoms with Crippen molar-refractivity contribution in [2.45, 2.75) is 32.7 Å².